The minimum atomic E-state index is -0.219. The van der Waals surface area contributed by atoms with Gasteiger partial charge in [0.05, 0.1) is 12.0 Å². The van der Waals surface area contributed by atoms with E-state index in [9.17, 15) is 4.79 Å². The molecule has 2 aromatic heterocycles. The summed E-state index contributed by atoms with van der Waals surface area (Å²) in [5, 5.41) is 4.63. The second-order valence-electron chi connectivity index (χ2n) is 5.98. The van der Waals surface area contributed by atoms with Gasteiger partial charge in [0.2, 0.25) is 0 Å². The van der Waals surface area contributed by atoms with Gasteiger partial charge in [-0.15, -0.1) is 11.3 Å². The summed E-state index contributed by atoms with van der Waals surface area (Å²) < 4.78 is 5.09. The van der Waals surface area contributed by atoms with Gasteiger partial charge < -0.3 is 19.9 Å². The number of hydrogen-bond donors (Lipinski definition) is 1. The highest BCUT2D eigenvalue weighted by Gasteiger charge is 2.26. The highest BCUT2D eigenvalue weighted by Crippen LogP contribution is 2.37. The first-order chi connectivity index (χ1) is 11.8. The lowest BCUT2D eigenvalue weighted by atomic mass is 10.1. The molecule has 0 saturated carbocycles. The number of aromatic nitrogens is 2. The Bertz CT molecular complexity index is 754. The highest BCUT2D eigenvalue weighted by atomic mass is 32.1. The van der Waals surface area contributed by atoms with Gasteiger partial charge in [-0.05, 0) is 25.5 Å². The van der Waals surface area contributed by atoms with Crippen molar-refractivity contribution >= 4 is 33.5 Å². The number of nitrogens with zero attached hydrogens (tertiary/aromatic N) is 4. The van der Waals surface area contributed by atoms with Crippen LogP contribution in [-0.4, -0.2) is 60.3 Å². The van der Waals surface area contributed by atoms with E-state index in [0.717, 1.165) is 43.2 Å². The Morgan fingerprint density at radius 1 is 1.33 bits per heavy atom. The third-order valence-electron chi connectivity index (χ3n) is 4.59. The number of thiophene rings is 1. The lowest BCUT2D eigenvalue weighted by Gasteiger charge is -2.35. The van der Waals surface area contributed by atoms with Crippen LogP contribution in [0, 0.1) is 0 Å². The van der Waals surface area contributed by atoms with Crippen LogP contribution in [0.4, 0.5) is 10.6 Å². The minimum Gasteiger partial charge on any atom is -0.450 e. The molecule has 0 aromatic carbocycles. The van der Waals surface area contributed by atoms with Crippen LogP contribution in [-0.2, 0) is 17.7 Å². The number of carbonyl (C=O) groups is 1. The van der Waals surface area contributed by atoms with Gasteiger partial charge in [0.1, 0.15) is 17.0 Å². The molecule has 0 aliphatic carbocycles. The van der Waals surface area contributed by atoms with Crippen LogP contribution in [0.25, 0.3) is 10.2 Å². The van der Waals surface area contributed by atoms with Gasteiger partial charge in [-0.1, -0.05) is 0 Å². The van der Waals surface area contributed by atoms with Crippen molar-refractivity contribution < 1.29 is 9.53 Å². The zero-order valence-corrected chi connectivity index (χ0v) is 14.6. The smallest absolute Gasteiger partial charge is 0.409 e. The number of rotatable bonds is 2. The van der Waals surface area contributed by atoms with Crippen molar-refractivity contribution in [3.8, 4) is 0 Å². The van der Waals surface area contributed by atoms with Crippen LogP contribution in [0.1, 0.15) is 17.4 Å². The molecule has 4 rings (SSSR count). The molecule has 24 heavy (non-hydrogen) atoms. The van der Waals surface area contributed by atoms with E-state index in [1.807, 2.05) is 6.92 Å². The van der Waals surface area contributed by atoms with Crippen molar-refractivity contribution in [2.75, 3.05) is 44.2 Å². The average molecular weight is 347 g/mol. The standard InChI is InChI=1S/C16H21N5O2S/c1-2-23-16(22)21-7-5-20(6-8-21)14-13-11-3-4-17-9-12(11)24-15(13)19-10-18-14/h10,17H,2-9H2,1H3. The second kappa shape index (κ2) is 6.52. The number of carbonyl (C=O) groups excluding carboxylic acids is 1. The van der Waals surface area contributed by atoms with Crippen molar-refractivity contribution in [2.45, 2.75) is 19.9 Å². The first-order valence-electron chi connectivity index (χ1n) is 8.40. The van der Waals surface area contributed by atoms with Crippen molar-refractivity contribution in [1.82, 2.24) is 20.2 Å². The number of ether oxygens (including phenoxy) is 1. The summed E-state index contributed by atoms with van der Waals surface area (Å²) in [6.45, 7) is 7.05. The molecule has 0 bridgehead atoms. The number of piperazine rings is 1. The number of hydrogen-bond acceptors (Lipinski definition) is 7. The minimum absolute atomic E-state index is 0.219. The molecule has 1 amide bonds. The fourth-order valence-electron chi connectivity index (χ4n) is 3.40. The summed E-state index contributed by atoms with van der Waals surface area (Å²) in [7, 11) is 0. The molecule has 7 nitrogen and oxygen atoms in total. The summed E-state index contributed by atoms with van der Waals surface area (Å²) >= 11 is 1.77. The maximum absolute atomic E-state index is 11.9. The molecule has 1 fully saturated rings. The third-order valence-corrected chi connectivity index (χ3v) is 5.73. The van der Waals surface area contributed by atoms with E-state index < -0.39 is 0 Å². The summed E-state index contributed by atoms with van der Waals surface area (Å²) in [6, 6.07) is 0. The normalized spacial score (nSPS) is 17.9. The molecule has 0 atom stereocenters. The lowest BCUT2D eigenvalue weighted by molar-refractivity contribution is 0.105. The summed E-state index contributed by atoms with van der Waals surface area (Å²) in [4.78, 5) is 27.4. The molecule has 1 saturated heterocycles. The Hall–Kier alpha value is -1.93. The van der Waals surface area contributed by atoms with E-state index in [4.69, 9.17) is 4.74 Å². The zero-order chi connectivity index (χ0) is 16.5. The van der Waals surface area contributed by atoms with Gasteiger partial charge in [0, 0.05) is 37.6 Å². The van der Waals surface area contributed by atoms with Crippen molar-refractivity contribution in [1.29, 1.82) is 0 Å². The Labute approximate surface area is 144 Å². The van der Waals surface area contributed by atoms with Gasteiger partial charge in [-0.2, -0.15) is 0 Å². The molecule has 128 valence electrons. The van der Waals surface area contributed by atoms with Crippen LogP contribution >= 0.6 is 11.3 Å². The van der Waals surface area contributed by atoms with E-state index in [1.165, 1.54) is 15.8 Å². The molecule has 0 spiro atoms. The maximum Gasteiger partial charge on any atom is 0.409 e. The SMILES string of the molecule is CCOC(=O)N1CCN(c2ncnc3sc4c(c23)CCNC4)CC1. The van der Waals surface area contributed by atoms with Crippen LogP contribution in [0.3, 0.4) is 0 Å². The fourth-order valence-corrected chi connectivity index (χ4v) is 4.55. The Morgan fingerprint density at radius 3 is 2.96 bits per heavy atom. The number of fused-ring (bicyclic) bond motifs is 3. The van der Waals surface area contributed by atoms with E-state index in [1.54, 1.807) is 22.6 Å². The molecular weight excluding hydrogens is 326 g/mol. The van der Waals surface area contributed by atoms with Crippen LogP contribution in [0.5, 0.6) is 0 Å². The molecule has 0 radical (unpaired) electrons. The molecule has 8 heteroatoms. The molecule has 2 aliphatic rings. The van der Waals surface area contributed by atoms with Crippen molar-refractivity contribution in [2.24, 2.45) is 0 Å². The van der Waals surface area contributed by atoms with Gasteiger partial charge in [-0.3, -0.25) is 0 Å². The van der Waals surface area contributed by atoms with Crippen molar-refractivity contribution in [3.63, 3.8) is 0 Å². The number of amides is 1. The highest BCUT2D eigenvalue weighted by molar-refractivity contribution is 7.19. The monoisotopic (exact) mass is 347 g/mol. The number of nitrogens with one attached hydrogen (secondary N) is 1. The Kier molecular flexibility index (Phi) is 4.24. The molecule has 2 aromatic rings. The lowest BCUT2D eigenvalue weighted by Crippen LogP contribution is -2.49. The zero-order valence-electron chi connectivity index (χ0n) is 13.7. The van der Waals surface area contributed by atoms with Crippen LogP contribution in [0.15, 0.2) is 6.33 Å². The summed E-state index contributed by atoms with van der Waals surface area (Å²) in [5.74, 6) is 1.02. The first-order valence-corrected chi connectivity index (χ1v) is 9.22. The van der Waals surface area contributed by atoms with E-state index in [2.05, 4.69) is 20.2 Å². The predicted octanol–water partition coefficient (Wildman–Crippen LogP) is 1.62. The third kappa shape index (κ3) is 2.69. The van der Waals surface area contributed by atoms with Gasteiger partial charge in [0.25, 0.3) is 0 Å². The average Bonchev–Trinajstić information content (AvgIpc) is 3.01. The Balaban J connectivity index is 1.59. The molecule has 0 unspecified atom stereocenters. The first kappa shape index (κ1) is 15.6. The van der Waals surface area contributed by atoms with Gasteiger partial charge in [-0.25, -0.2) is 14.8 Å². The molecule has 4 heterocycles. The van der Waals surface area contributed by atoms with E-state index in [-0.39, 0.29) is 6.09 Å². The molecule has 2 aliphatic heterocycles. The van der Waals surface area contributed by atoms with Gasteiger partial charge >= 0.3 is 6.09 Å². The topological polar surface area (TPSA) is 70.6 Å². The molecular formula is C16H21N5O2S. The fraction of sp³-hybridized carbons (Fsp3) is 0.562. The number of anilines is 1. The van der Waals surface area contributed by atoms with Crippen molar-refractivity contribution in [3.05, 3.63) is 16.8 Å². The van der Waals surface area contributed by atoms with E-state index in [0.29, 0.717) is 19.7 Å². The van der Waals surface area contributed by atoms with Crippen LogP contribution < -0.4 is 10.2 Å². The largest absolute Gasteiger partial charge is 0.450 e. The summed E-state index contributed by atoms with van der Waals surface area (Å²) in [5.41, 5.74) is 1.40. The van der Waals surface area contributed by atoms with Gasteiger partial charge in [0.15, 0.2) is 0 Å². The maximum atomic E-state index is 11.9. The quantitative estimate of drug-likeness (QED) is 0.890. The Morgan fingerprint density at radius 2 is 2.17 bits per heavy atom. The molecule has 1 N–H and O–H groups in total. The van der Waals surface area contributed by atoms with Crippen LogP contribution in [0.2, 0.25) is 0 Å². The van der Waals surface area contributed by atoms with E-state index >= 15 is 0 Å². The summed E-state index contributed by atoms with van der Waals surface area (Å²) in [6.07, 6.45) is 2.47. The predicted molar refractivity (Wildman–Crippen MR) is 93.6 cm³/mol. The second-order valence-corrected chi connectivity index (χ2v) is 7.06.